The molecule has 1 aliphatic heterocycles. The van der Waals surface area contributed by atoms with E-state index in [1.54, 1.807) is 0 Å². The predicted molar refractivity (Wildman–Crippen MR) is 177 cm³/mol. The Bertz CT molecular complexity index is 1340. The lowest BCUT2D eigenvalue weighted by Gasteiger charge is -2.42. The van der Waals surface area contributed by atoms with Gasteiger partial charge in [-0.3, -0.25) is 4.44 Å². The first-order chi connectivity index (χ1) is 21.6. The second-order valence-electron chi connectivity index (χ2n) is 10.7. The fraction of sp³-hybridized carbons (Fsp3) is 0.333. The van der Waals surface area contributed by atoms with Crippen LogP contribution in [0.4, 0.5) is 26.3 Å². The normalized spacial score (nSPS) is 17.4. The zero-order valence-corrected chi connectivity index (χ0v) is 27.5. The molecule has 240 valence electrons. The second-order valence-corrected chi connectivity index (χ2v) is 15.6. The zero-order chi connectivity index (χ0) is 32.6. The number of alkyl halides is 6. The Labute approximate surface area is 265 Å². The van der Waals surface area contributed by atoms with E-state index >= 15 is 0 Å². The Balaban J connectivity index is 0.00000226. The fourth-order valence-electron chi connectivity index (χ4n) is 5.73. The molecule has 0 radical (unpaired) electrons. The van der Waals surface area contributed by atoms with Crippen molar-refractivity contribution in [2.75, 3.05) is 6.54 Å². The molecule has 45 heavy (non-hydrogen) atoms. The third kappa shape index (κ3) is 8.56. The number of halogens is 6. The molecular formula is C36H39F6NP2. The van der Waals surface area contributed by atoms with Gasteiger partial charge in [-0.25, -0.2) is 0 Å². The minimum atomic E-state index is -4.48. The van der Waals surface area contributed by atoms with Gasteiger partial charge in [0.25, 0.3) is 0 Å². The number of rotatable bonds is 9. The SMILES string of the molecule is CC.CCCCN(P(c1ccc(C(F)(F)F)cc1)c1ccc(C(F)(F)F)cc1)P1[C@@H](c2ccccc2)CC[C@@H]1c1ccccc1. The van der Waals surface area contributed by atoms with Gasteiger partial charge < -0.3 is 0 Å². The lowest BCUT2D eigenvalue weighted by atomic mass is 10.0. The summed E-state index contributed by atoms with van der Waals surface area (Å²) in [5, 5.41) is 1.40. The lowest BCUT2D eigenvalue weighted by Crippen LogP contribution is -2.28. The quantitative estimate of drug-likeness (QED) is 0.127. The highest BCUT2D eigenvalue weighted by atomic mass is 31.2. The Morgan fingerprint density at radius 3 is 1.33 bits per heavy atom. The van der Waals surface area contributed by atoms with E-state index < -0.39 is 39.6 Å². The summed E-state index contributed by atoms with van der Waals surface area (Å²) in [6.07, 6.45) is -5.27. The lowest BCUT2D eigenvalue weighted by molar-refractivity contribution is -0.138. The van der Waals surface area contributed by atoms with Crippen molar-refractivity contribution >= 4 is 26.8 Å². The summed E-state index contributed by atoms with van der Waals surface area (Å²) in [5.74, 6) is 0. The van der Waals surface area contributed by atoms with Gasteiger partial charge in [-0.15, -0.1) is 0 Å². The number of benzene rings is 4. The highest BCUT2D eigenvalue weighted by Gasteiger charge is 2.44. The van der Waals surface area contributed by atoms with Gasteiger partial charge in [0.05, 0.1) is 11.1 Å². The van der Waals surface area contributed by atoms with E-state index in [1.807, 2.05) is 50.2 Å². The van der Waals surface area contributed by atoms with Crippen molar-refractivity contribution in [3.8, 4) is 0 Å². The molecule has 0 aliphatic carbocycles. The molecule has 0 amide bonds. The molecule has 4 aromatic rings. The molecule has 0 unspecified atom stereocenters. The van der Waals surface area contributed by atoms with Crippen LogP contribution in [0.3, 0.4) is 0 Å². The van der Waals surface area contributed by atoms with Gasteiger partial charge in [-0.1, -0.05) is 112 Å². The van der Waals surface area contributed by atoms with Crippen LogP contribution in [-0.4, -0.2) is 11.0 Å². The summed E-state index contributed by atoms with van der Waals surface area (Å²) >= 11 is 0. The van der Waals surface area contributed by atoms with Gasteiger partial charge in [-0.2, -0.15) is 26.3 Å². The summed E-state index contributed by atoms with van der Waals surface area (Å²) < 4.78 is 83.7. The van der Waals surface area contributed by atoms with Crippen molar-refractivity contribution in [1.29, 1.82) is 0 Å². The molecule has 0 bridgehead atoms. The van der Waals surface area contributed by atoms with Crippen LogP contribution < -0.4 is 10.6 Å². The molecule has 0 spiro atoms. The maximum Gasteiger partial charge on any atom is 0.416 e. The van der Waals surface area contributed by atoms with E-state index in [4.69, 9.17) is 0 Å². The molecule has 1 saturated heterocycles. The monoisotopic (exact) mass is 661 g/mol. The van der Waals surface area contributed by atoms with Crippen molar-refractivity contribution in [1.82, 2.24) is 4.44 Å². The third-order valence-corrected chi connectivity index (χ3v) is 14.3. The van der Waals surface area contributed by atoms with Crippen LogP contribution in [0.1, 0.15) is 80.0 Å². The maximum absolute atomic E-state index is 13.5. The van der Waals surface area contributed by atoms with Gasteiger partial charge in [-0.05, 0) is 73.3 Å². The molecular weight excluding hydrogens is 622 g/mol. The smallest absolute Gasteiger partial charge is 0.251 e. The molecule has 1 fully saturated rings. The number of nitrogens with zero attached hydrogens (tertiary/aromatic N) is 1. The van der Waals surface area contributed by atoms with E-state index in [0.29, 0.717) is 17.2 Å². The number of unbranched alkanes of at least 4 members (excludes halogenated alkanes) is 1. The molecule has 5 rings (SSSR count). The van der Waals surface area contributed by atoms with E-state index in [-0.39, 0.29) is 11.3 Å². The minimum Gasteiger partial charge on any atom is -0.251 e. The molecule has 1 nitrogen and oxygen atoms in total. The molecule has 0 saturated carbocycles. The second kappa shape index (κ2) is 15.7. The van der Waals surface area contributed by atoms with Crippen molar-refractivity contribution in [2.24, 2.45) is 0 Å². The van der Waals surface area contributed by atoms with Crippen LogP contribution in [0, 0.1) is 0 Å². The molecule has 1 heterocycles. The molecule has 4 aromatic carbocycles. The molecule has 2 atom stereocenters. The average Bonchev–Trinajstić information content (AvgIpc) is 3.49. The summed E-state index contributed by atoms with van der Waals surface area (Å²) in [4.78, 5) is 0. The van der Waals surface area contributed by atoms with E-state index in [0.717, 1.165) is 49.9 Å². The highest BCUT2D eigenvalue weighted by molar-refractivity contribution is 7.79. The highest BCUT2D eigenvalue weighted by Crippen LogP contribution is 2.76. The van der Waals surface area contributed by atoms with Crippen LogP contribution in [0.2, 0.25) is 0 Å². The number of hydrogen-bond donors (Lipinski definition) is 0. The van der Waals surface area contributed by atoms with Crippen molar-refractivity contribution in [3.63, 3.8) is 0 Å². The van der Waals surface area contributed by atoms with Gasteiger partial charge in [0.2, 0.25) is 0 Å². The topological polar surface area (TPSA) is 3.24 Å². The average molecular weight is 662 g/mol. The number of hydrogen-bond acceptors (Lipinski definition) is 1. The van der Waals surface area contributed by atoms with Crippen molar-refractivity contribution in [3.05, 3.63) is 131 Å². The first kappa shape index (κ1) is 35.1. The van der Waals surface area contributed by atoms with Crippen LogP contribution >= 0.6 is 16.1 Å². The summed E-state index contributed by atoms with van der Waals surface area (Å²) in [5.41, 5.74) is 1.40. The zero-order valence-electron chi connectivity index (χ0n) is 25.7. The standard InChI is InChI=1S/C34H33F6NP2.C2H6/c1-2-3-24-41(43-31(25-10-6-4-7-11-25)22-23-32(43)26-12-8-5-9-13-26)42(29-18-14-27(15-19-29)33(35,36)37)30-20-16-28(17-21-30)34(38,39)40;1-2/h4-21,31-32H,2-3,22-24H2,1H3;1-2H3/t31-,32-;/m1./s1. The van der Waals surface area contributed by atoms with Crippen molar-refractivity contribution < 1.29 is 26.3 Å². The Kier molecular flexibility index (Phi) is 12.3. The maximum atomic E-state index is 13.5. The Morgan fingerprint density at radius 1 is 0.622 bits per heavy atom. The third-order valence-electron chi connectivity index (χ3n) is 7.81. The largest absolute Gasteiger partial charge is 0.416 e. The van der Waals surface area contributed by atoms with Crippen LogP contribution in [-0.2, 0) is 12.4 Å². The summed E-state index contributed by atoms with van der Waals surface area (Å²) in [6, 6.07) is 31.1. The summed E-state index contributed by atoms with van der Waals surface area (Å²) in [6.45, 7) is 6.80. The summed E-state index contributed by atoms with van der Waals surface area (Å²) in [7, 11) is -2.37. The Morgan fingerprint density at radius 2 is 1.00 bits per heavy atom. The van der Waals surface area contributed by atoms with Crippen LogP contribution in [0.15, 0.2) is 109 Å². The van der Waals surface area contributed by atoms with Gasteiger partial charge >= 0.3 is 12.4 Å². The van der Waals surface area contributed by atoms with E-state index in [1.165, 1.54) is 35.4 Å². The van der Waals surface area contributed by atoms with Crippen molar-refractivity contribution in [2.45, 2.75) is 70.1 Å². The minimum absolute atomic E-state index is 0.215. The van der Waals surface area contributed by atoms with Gasteiger partial charge in [0.1, 0.15) is 0 Å². The first-order valence-electron chi connectivity index (χ1n) is 15.4. The first-order valence-corrected chi connectivity index (χ1v) is 18.1. The van der Waals surface area contributed by atoms with Gasteiger partial charge in [0, 0.05) is 25.9 Å². The molecule has 1 aliphatic rings. The fourth-order valence-corrected chi connectivity index (χ4v) is 13.2. The molecule has 9 heteroatoms. The van der Waals surface area contributed by atoms with Crippen LogP contribution in [0.25, 0.3) is 0 Å². The Hall–Kier alpha value is -2.72. The van der Waals surface area contributed by atoms with E-state index in [2.05, 4.69) is 35.6 Å². The van der Waals surface area contributed by atoms with E-state index in [9.17, 15) is 26.3 Å². The molecule has 0 N–H and O–H groups in total. The van der Waals surface area contributed by atoms with Crippen LogP contribution in [0.5, 0.6) is 0 Å². The van der Waals surface area contributed by atoms with Gasteiger partial charge in [0.15, 0.2) is 0 Å². The predicted octanol–water partition coefficient (Wildman–Crippen LogP) is 11.9. The molecule has 0 aromatic heterocycles.